The summed E-state index contributed by atoms with van der Waals surface area (Å²) in [6.45, 7) is 7.23. The molecule has 1 saturated heterocycles. The van der Waals surface area contributed by atoms with Crippen molar-refractivity contribution in [2.45, 2.75) is 38.0 Å². The Kier molecular flexibility index (Phi) is 10.2. The zero-order valence-electron chi connectivity index (χ0n) is 19.8. The van der Waals surface area contributed by atoms with Crippen LogP contribution in [0.4, 0.5) is 5.69 Å². The number of benzene rings is 1. The molecule has 1 heterocycles. The summed E-state index contributed by atoms with van der Waals surface area (Å²) in [6, 6.07) is 6.51. The molecule has 0 aliphatic carbocycles. The third kappa shape index (κ3) is 7.11. The van der Waals surface area contributed by atoms with Gasteiger partial charge in [-0.3, -0.25) is 9.59 Å². The summed E-state index contributed by atoms with van der Waals surface area (Å²) < 4.78 is 0. The van der Waals surface area contributed by atoms with Crippen molar-refractivity contribution in [3.05, 3.63) is 35.9 Å². The van der Waals surface area contributed by atoms with Crippen molar-refractivity contribution >= 4 is 30.5 Å². The summed E-state index contributed by atoms with van der Waals surface area (Å²) in [5.41, 5.74) is 4.28. The fourth-order valence-corrected chi connectivity index (χ4v) is 4.43. The first-order valence-corrected chi connectivity index (χ1v) is 11.4. The molecule has 0 spiro atoms. The van der Waals surface area contributed by atoms with E-state index in [-0.39, 0.29) is 0 Å². The quantitative estimate of drug-likeness (QED) is 0.334. The van der Waals surface area contributed by atoms with Crippen LogP contribution in [-0.2, 0) is 14.4 Å². The average Bonchev–Trinajstić information content (AvgIpc) is 3.27. The van der Waals surface area contributed by atoms with Crippen molar-refractivity contribution in [1.29, 1.82) is 0 Å². The van der Waals surface area contributed by atoms with Crippen molar-refractivity contribution in [2.24, 2.45) is 5.92 Å². The lowest BCUT2D eigenvalue weighted by Gasteiger charge is -2.27. The Morgan fingerprint density at radius 3 is 2.66 bits per heavy atom. The molecule has 1 aliphatic rings. The van der Waals surface area contributed by atoms with E-state index in [2.05, 4.69) is 35.0 Å². The van der Waals surface area contributed by atoms with Gasteiger partial charge in [0.05, 0.1) is 0 Å². The molecule has 7 nitrogen and oxygen atoms in total. The minimum atomic E-state index is 0.321. The molecule has 0 aromatic heterocycles. The van der Waals surface area contributed by atoms with Crippen molar-refractivity contribution in [2.75, 3.05) is 52.2 Å². The molecule has 32 heavy (non-hydrogen) atoms. The van der Waals surface area contributed by atoms with Gasteiger partial charge in [0.2, 0.25) is 12.8 Å². The van der Waals surface area contributed by atoms with Gasteiger partial charge in [0.15, 0.2) is 0 Å². The Morgan fingerprint density at radius 2 is 2.03 bits per heavy atom. The van der Waals surface area contributed by atoms with E-state index < -0.39 is 0 Å². The second-order valence-corrected chi connectivity index (χ2v) is 8.88. The van der Waals surface area contributed by atoms with Gasteiger partial charge < -0.3 is 24.8 Å². The van der Waals surface area contributed by atoms with Crippen LogP contribution in [0.15, 0.2) is 24.8 Å². The minimum Gasteiger partial charge on any atom is -0.377 e. The van der Waals surface area contributed by atoms with Crippen molar-refractivity contribution in [3.8, 4) is 0 Å². The number of carbonyl (C=O) groups is 3. The van der Waals surface area contributed by atoms with E-state index in [1.54, 1.807) is 0 Å². The number of nitrogens with one attached hydrogen (secondary N) is 1. The number of amides is 2. The first kappa shape index (κ1) is 25.4. The fraction of sp³-hybridized carbons (Fsp3) is 0.560. The van der Waals surface area contributed by atoms with Gasteiger partial charge >= 0.3 is 0 Å². The van der Waals surface area contributed by atoms with Crippen molar-refractivity contribution in [1.82, 2.24) is 15.1 Å². The van der Waals surface area contributed by atoms with Crippen LogP contribution < -0.4 is 10.2 Å². The second-order valence-electron chi connectivity index (χ2n) is 8.88. The molecule has 1 N–H and O–H groups in total. The van der Waals surface area contributed by atoms with E-state index in [0.29, 0.717) is 31.3 Å². The largest absolute Gasteiger partial charge is 0.377 e. The molecule has 1 aromatic carbocycles. The van der Waals surface area contributed by atoms with Crippen molar-refractivity contribution in [3.63, 3.8) is 0 Å². The van der Waals surface area contributed by atoms with Crippen molar-refractivity contribution < 1.29 is 14.4 Å². The zero-order chi connectivity index (χ0) is 23.5. The molecule has 2 amide bonds. The van der Waals surface area contributed by atoms with E-state index in [0.717, 1.165) is 74.8 Å². The van der Waals surface area contributed by atoms with Gasteiger partial charge in [-0.05, 0) is 49.1 Å². The Balaban J connectivity index is 2.20. The standard InChI is InChI=1S/C25H38N4O3/c1-20(28(4)13-5-15-30)24-9-8-23(16-25(24)27(2)3)22(10-12-26-18-31)7-6-21-11-14-29(17-21)19-32/h8-9,15-16,18-19,21-22H,1,5-7,10-14,17H2,2-4H3,(H,26,31). The Labute approximate surface area is 192 Å². The first-order chi connectivity index (χ1) is 15.4. The summed E-state index contributed by atoms with van der Waals surface area (Å²) in [5, 5.41) is 2.80. The summed E-state index contributed by atoms with van der Waals surface area (Å²) in [5.74, 6) is 0.863. The predicted octanol–water partition coefficient (Wildman–Crippen LogP) is 2.72. The summed E-state index contributed by atoms with van der Waals surface area (Å²) in [7, 11) is 6.00. The number of carbonyl (C=O) groups excluding carboxylic acids is 3. The topological polar surface area (TPSA) is 73.0 Å². The van der Waals surface area contributed by atoms with Gasteiger partial charge in [-0.25, -0.2) is 0 Å². The van der Waals surface area contributed by atoms with Crippen LogP contribution in [0.3, 0.4) is 0 Å². The monoisotopic (exact) mass is 442 g/mol. The molecule has 2 unspecified atom stereocenters. The van der Waals surface area contributed by atoms with Crippen LogP contribution in [0.1, 0.15) is 49.1 Å². The summed E-state index contributed by atoms with van der Waals surface area (Å²) in [6.07, 6.45) is 7.12. The molecular weight excluding hydrogens is 404 g/mol. The smallest absolute Gasteiger partial charge is 0.209 e. The van der Waals surface area contributed by atoms with E-state index in [1.165, 1.54) is 5.56 Å². The number of anilines is 1. The predicted molar refractivity (Wildman–Crippen MR) is 130 cm³/mol. The number of hydrogen-bond donors (Lipinski definition) is 1. The minimum absolute atomic E-state index is 0.321. The number of nitrogens with zero attached hydrogens (tertiary/aromatic N) is 3. The lowest BCUT2D eigenvalue weighted by atomic mass is 9.86. The van der Waals surface area contributed by atoms with Crippen LogP contribution in [0.25, 0.3) is 5.70 Å². The van der Waals surface area contributed by atoms with Gasteiger partial charge in [-0.2, -0.15) is 0 Å². The molecule has 7 heteroatoms. The van der Waals surface area contributed by atoms with E-state index in [4.69, 9.17) is 0 Å². The second kappa shape index (κ2) is 12.9. The van der Waals surface area contributed by atoms with Gasteiger partial charge in [-0.1, -0.05) is 18.7 Å². The SMILES string of the molecule is C=C(c1ccc(C(CCNC=O)CCC2CCN(C=O)C2)cc1N(C)C)N(C)CCC=O. The molecule has 1 fully saturated rings. The zero-order valence-corrected chi connectivity index (χ0v) is 19.8. The highest BCUT2D eigenvalue weighted by Crippen LogP contribution is 2.35. The highest BCUT2D eigenvalue weighted by atomic mass is 16.1. The molecule has 2 atom stereocenters. The number of likely N-dealkylation sites (tertiary alicyclic amines) is 1. The molecule has 1 aliphatic heterocycles. The number of aldehydes is 1. The van der Waals surface area contributed by atoms with Crippen LogP contribution >= 0.6 is 0 Å². The first-order valence-electron chi connectivity index (χ1n) is 11.4. The molecule has 1 aromatic rings. The Morgan fingerprint density at radius 1 is 1.25 bits per heavy atom. The van der Waals surface area contributed by atoms with Gasteiger partial charge in [0.1, 0.15) is 6.29 Å². The average molecular weight is 443 g/mol. The van der Waals surface area contributed by atoms with Crippen LogP contribution in [-0.4, -0.2) is 76.2 Å². The summed E-state index contributed by atoms with van der Waals surface area (Å²) in [4.78, 5) is 38.5. The third-order valence-electron chi connectivity index (χ3n) is 6.44. The Hall–Kier alpha value is -2.83. The molecular formula is C25H38N4O3. The van der Waals surface area contributed by atoms with Gasteiger partial charge in [0.25, 0.3) is 0 Å². The summed E-state index contributed by atoms with van der Waals surface area (Å²) >= 11 is 0. The highest BCUT2D eigenvalue weighted by Gasteiger charge is 2.23. The van der Waals surface area contributed by atoms with E-state index >= 15 is 0 Å². The molecule has 0 bridgehead atoms. The fourth-order valence-electron chi connectivity index (χ4n) is 4.43. The maximum absolute atomic E-state index is 11.0. The lowest BCUT2D eigenvalue weighted by Crippen LogP contribution is -2.21. The van der Waals surface area contributed by atoms with Crippen LogP contribution in [0.5, 0.6) is 0 Å². The molecule has 0 radical (unpaired) electrons. The van der Waals surface area contributed by atoms with Gasteiger partial charge in [-0.15, -0.1) is 0 Å². The Bertz CT molecular complexity index is 780. The number of hydrogen-bond acceptors (Lipinski definition) is 5. The molecule has 176 valence electrons. The van der Waals surface area contributed by atoms with E-state index in [1.807, 2.05) is 30.9 Å². The molecule has 2 rings (SSSR count). The highest BCUT2D eigenvalue weighted by molar-refractivity contribution is 5.75. The normalized spacial score (nSPS) is 16.3. The van der Waals surface area contributed by atoms with Crippen LogP contribution in [0, 0.1) is 5.92 Å². The lowest BCUT2D eigenvalue weighted by molar-refractivity contribution is -0.117. The number of rotatable bonds is 15. The third-order valence-corrected chi connectivity index (χ3v) is 6.44. The maximum Gasteiger partial charge on any atom is 0.209 e. The van der Waals surface area contributed by atoms with E-state index in [9.17, 15) is 14.4 Å². The molecule has 0 saturated carbocycles. The van der Waals surface area contributed by atoms with Gasteiger partial charge in [0, 0.05) is 70.7 Å². The van der Waals surface area contributed by atoms with Crippen LogP contribution in [0.2, 0.25) is 0 Å². The maximum atomic E-state index is 11.0.